The summed E-state index contributed by atoms with van der Waals surface area (Å²) in [5, 5.41) is 0. The van der Waals surface area contributed by atoms with Crippen molar-refractivity contribution in [2.24, 2.45) is 0 Å². The molecule has 5 heteroatoms. The van der Waals surface area contributed by atoms with Gasteiger partial charge >= 0.3 is 0 Å². The van der Waals surface area contributed by atoms with Gasteiger partial charge in [0.05, 0.1) is 12.4 Å². The lowest BCUT2D eigenvalue weighted by molar-refractivity contribution is -0.00148. The summed E-state index contributed by atoms with van der Waals surface area (Å²) in [7, 11) is -3.98. The molecule has 2 atom stereocenters. The van der Waals surface area contributed by atoms with Crippen LogP contribution in [0.4, 0.5) is 0 Å². The van der Waals surface area contributed by atoms with Crippen LogP contribution >= 0.6 is 0 Å². The molecule has 1 aliphatic heterocycles. The van der Waals surface area contributed by atoms with Gasteiger partial charge in [-0.15, -0.1) is 0 Å². The standard InChI is InChI=1S/C23H48O3Si2/c1-16(2)27(17(3)4,18(5)6)25-22-13-14-24-15-23(22)26-28(19(7)8,20(9)10)21(11)12/h13-14,16-23H,15H2,1-12H3/t22-,23-/m1/s1. The molecule has 0 saturated heterocycles. The molecule has 0 radical (unpaired) electrons. The van der Waals surface area contributed by atoms with E-state index in [2.05, 4.69) is 89.2 Å². The van der Waals surface area contributed by atoms with Gasteiger partial charge in [-0.2, -0.15) is 0 Å². The second-order valence-electron chi connectivity index (χ2n) is 10.5. The first-order valence-corrected chi connectivity index (χ1v) is 15.8. The van der Waals surface area contributed by atoms with E-state index in [0.717, 1.165) is 0 Å². The summed E-state index contributed by atoms with van der Waals surface area (Å²) in [6, 6.07) is 0. The zero-order valence-electron chi connectivity index (χ0n) is 20.7. The summed E-state index contributed by atoms with van der Waals surface area (Å²) in [6.45, 7) is 28.8. The Labute approximate surface area is 177 Å². The predicted molar refractivity (Wildman–Crippen MR) is 127 cm³/mol. The highest BCUT2D eigenvalue weighted by Gasteiger charge is 2.51. The highest BCUT2D eigenvalue weighted by molar-refractivity contribution is 6.78. The van der Waals surface area contributed by atoms with Gasteiger partial charge in [-0.05, 0) is 39.3 Å². The Balaban J connectivity index is 3.28. The molecule has 0 spiro atoms. The minimum atomic E-state index is -1.99. The monoisotopic (exact) mass is 428 g/mol. The molecule has 0 aromatic heterocycles. The van der Waals surface area contributed by atoms with E-state index >= 15 is 0 Å². The van der Waals surface area contributed by atoms with Crippen molar-refractivity contribution in [3.63, 3.8) is 0 Å². The lowest BCUT2D eigenvalue weighted by atomic mass is 10.2. The van der Waals surface area contributed by atoms with Gasteiger partial charge in [0, 0.05) is 0 Å². The maximum Gasteiger partial charge on any atom is 0.201 e. The Hall–Kier alpha value is -0.106. The molecule has 3 nitrogen and oxygen atoms in total. The fraction of sp³-hybridized carbons (Fsp3) is 0.913. The number of hydrogen-bond donors (Lipinski definition) is 0. The molecule has 166 valence electrons. The van der Waals surface area contributed by atoms with Crippen LogP contribution in [-0.2, 0) is 13.6 Å². The summed E-state index contributed by atoms with van der Waals surface area (Å²) >= 11 is 0. The van der Waals surface area contributed by atoms with Crippen molar-refractivity contribution in [1.82, 2.24) is 0 Å². The van der Waals surface area contributed by atoms with E-state index in [1.807, 2.05) is 6.26 Å². The highest BCUT2D eigenvalue weighted by atomic mass is 28.4. The van der Waals surface area contributed by atoms with Gasteiger partial charge in [0.1, 0.15) is 12.7 Å². The zero-order chi connectivity index (χ0) is 21.9. The number of rotatable bonds is 10. The normalized spacial score (nSPS) is 21.6. The van der Waals surface area contributed by atoms with Crippen LogP contribution in [0.1, 0.15) is 83.1 Å². The second kappa shape index (κ2) is 10.3. The predicted octanol–water partition coefficient (Wildman–Crippen LogP) is 7.65. The summed E-state index contributed by atoms with van der Waals surface area (Å²) in [5.74, 6) is 0. The number of hydrogen-bond acceptors (Lipinski definition) is 3. The van der Waals surface area contributed by atoms with Gasteiger partial charge in [-0.1, -0.05) is 83.1 Å². The van der Waals surface area contributed by atoms with Crippen LogP contribution < -0.4 is 0 Å². The maximum atomic E-state index is 7.13. The van der Waals surface area contributed by atoms with Crippen LogP contribution in [0.3, 0.4) is 0 Å². The van der Waals surface area contributed by atoms with Gasteiger partial charge in [-0.3, -0.25) is 0 Å². The van der Waals surface area contributed by atoms with Crippen LogP contribution in [0.5, 0.6) is 0 Å². The smallest absolute Gasteiger partial charge is 0.201 e. The third kappa shape index (κ3) is 4.96. The molecule has 0 saturated carbocycles. The topological polar surface area (TPSA) is 27.7 Å². The first kappa shape index (κ1) is 25.9. The van der Waals surface area contributed by atoms with Crippen LogP contribution in [0, 0.1) is 0 Å². The third-order valence-electron chi connectivity index (χ3n) is 7.10. The fourth-order valence-corrected chi connectivity index (χ4v) is 17.1. The summed E-state index contributed by atoms with van der Waals surface area (Å²) in [6.07, 6.45) is 3.93. The molecule has 1 heterocycles. The second-order valence-corrected chi connectivity index (χ2v) is 21.3. The van der Waals surface area contributed by atoms with E-state index < -0.39 is 16.6 Å². The highest BCUT2D eigenvalue weighted by Crippen LogP contribution is 2.46. The molecule has 0 aromatic carbocycles. The van der Waals surface area contributed by atoms with Crippen molar-refractivity contribution in [2.45, 2.75) is 129 Å². The van der Waals surface area contributed by atoms with E-state index in [0.29, 0.717) is 39.9 Å². The molecule has 0 aromatic rings. The molecule has 1 rings (SSSR count). The lowest BCUT2D eigenvalue weighted by Gasteiger charge is -2.49. The molecular weight excluding hydrogens is 380 g/mol. The molecule has 0 N–H and O–H groups in total. The first-order chi connectivity index (χ1) is 12.8. The van der Waals surface area contributed by atoms with Gasteiger partial charge in [0.2, 0.25) is 16.6 Å². The molecule has 0 aliphatic carbocycles. The van der Waals surface area contributed by atoms with Gasteiger partial charge in [-0.25, -0.2) is 0 Å². The quantitative estimate of drug-likeness (QED) is 0.334. The van der Waals surface area contributed by atoms with E-state index in [9.17, 15) is 0 Å². The van der Waals surface area contributed by atoms with Crippen molar-refractivity contribution in [1.29, 1.82) is 0 Å². The average Bonchev–Trinajstić information content (AvgIpc) is 2.56. The van der Waals surface area contributed by atoms with Crippen molar-refractivity contribution in [3.8, 4) is 0 Å². The van der Waals surface area contributed by atoms with Crippen LogP contribution in [0.25, 0.3) is 0 Å². The van der Waals surface area contributed by atoms with Crippen molar-refractivity contribution in [2.75, 3.05) is 6.61 Å². The van der Waals surface area contributed by atoms with E-state index in [1.54, 1.807) is 0 Å². The van der Waals surface area contributed by atoms with E-state index in [1.165, 1.54) is 0 Å². The van der Waals surface area contributed by atoms with Gasteiger partial charge < -0.3 is 13.6 Å². The van der Waals surface area contributed by atoms with E-state index in [-0.39, 0.29) is 12.2 Å². The summed E-state index contributed by atoms with van der Waals surface area (Å²) in [5.41, 5.74) is 3.36. The molecule has 0 fully saturated rings. The Morgan fingerprint density at radius 3 is 1.36 bits per heavy atom. The first-order valence-electron chi connectivity index (χ1n) is 11.5. The minimum Gasteiger partial charge on any atom is -0.499 e. The molecule has 1 aliphatic rings. The minimum absolute atomic E-state index is 0.00394. The third-order valence-corrected chi connectivity index (χ3v) is 19.3. The Kier molecular flexibility index (Phi) is 9.51. The van der Waals surface area contributed by atoms with Crippen LogP contribution in [0.15, 0.2) is 12.3 Å². The Morgan fingerprint density at radius 2 is 1.00 bits per heavy atom. The van der Waals surface area contributed by atoms with Gasteiger partial charge in [0.25, 0.3) is 0 Å². The largest absolute Gasteiger partial charge is 0.499 e. The molecule has 0 unspecified atom stereocenters. The lowest BCUT2D eigenvalue weighted by Crippen LogP contribution is -2.57. The van der Waals surface area contributed by atoms with Crippen molar-refractivity contribution in [3.05, 3.63) is 12.3 Å². The maximum absolute atomic E-state index is 7.13. The molecule has 0 amide bonds. The summed E-state index contributed by atoms with van der Waals surface area (Å²) in [4.78, 5) is 0. The zero-order valence-corrected chi connectivity index (χ0v) is 22.7. The van der Waals surface area contributed by atoms with E-state index in [4.69, 9.17) is 13.6 Å². The number of ether oxygens (including phenoxy) is 1. The fourth-order valence-electron chi connectivity index (χ4n) is 6.03. The Bertz CT molecular complexity index is 455. The van der Waals surface area contributed by atoms with Crippen LogP contribution in [-0.4, -0.2) is 35.4 Å². The van der Waals surface area contributed by atoms with Crippen LogP contribution in [0.2, 0.25) is 33.2 Å². The van der Waals surface area contributed by atoms with Crippen molar-refractivity contribution < 1.29 is 13.6 Å². The van der Waals surface area contributed by atoms with Gasteiger partial charge in [0.15, 0.2) is 0 Å². The average molecular weight is 429 g/mol. The molecule has 28 heavy (non-hydrogen) atoms. The summed E-state index contributed by atoms with van der Waals surface area (Å²) < 4.78 is 20.0. The molecule has 0 bridgehead atoms. The SMILES string of the molecule is CC(C)[Si](O[C@@H]1C=COC[C@H]1O[Si](C(C)C)(C(C)C)C(C)C)(C(C)C)C(C)C. The Morgan fingerprint density at radius 1 is 0.643 bits per heavy atom. The van der Waals surface area contributed by atoms with Crippen molar-refractivity contribution >= 4 is 16.6 Å². The molecular formula is C23H48O3Si2.